The van der Waals surface area contributed by atoms with Crippen molar-refractivity contribution >= 4 is 29.9 Å². The van der Waals surface area contributed by atoms with Crippen molar-refractivity contribution in [2.75, 3.05) is 20.2 Å². The molecule has 0 spiro atoms. The number of aromatic nitrogens is 3. The van der Waals surface area contributed by atoms with Crippen molar-refractivity contribution in [2.45, 2.75) is 51.2 Å². The molecule has 2 heterocycles. The molecule has 0 radical (unpaired) electrons. The van der Waals surface area contributed by atoms with Gasteiger partial charge in [0.15, 0.2) is 5.96 Å². The lowest BCUT2D eigenvalue weighted by molar-refractivity contribution is 0.0277. The van der Waals surface area contributed by atoms with E-state index in [1.54, 1.807) is 19.6 Å². The SMILES string of the molecule is CN=C(NCCCOC1CCCCC1)NCc1ccc(-n2ccnc2)nc1.I. The van der Waals surface area contributed by atoms with Gasteiger partial charge in [0.2, 0.25) is 0 Å². The van der Waals surface area contributed by atoms with Crippen molar-refractivity contribution in [3.05, 3.63) is 42.6 Å². The molecule has 0 atom stereocenters. The van der Waals surface area contributed by atoms with E-state index >= 15 is 0 Å². The third-order valence-corrected chi connectivity index (χ3v) is 4.78. The molecule has 154 valence electrons. The average Bonchev–Trinajstić information content (AvgIpc) is 3.26. The summed E-state index contributed by atoms with van der Waals surface area (Å²) >= 11 is 0. The maximum absolute atomic E-state index is 5.95. The first-order valence-electron chi connectivity index (χ1n) is 9.84. The molecule has 1 aliphatic rings. The van der Waals surface area contributed by atoms with E-state index in [0.717, 1.165) is 36.9 Å². The molecule has 28 heavy (non-hydrogen) atoms. The number of nitrogens with zero attached hydrogens (tertiary/aromatic N) is 4. The normalized spacial score (nSPS) is 15.1. The zero-order valence-corrected chi connectivity index (χ0v) is 18.8. The molecule has 2 aromatic rings. The standard InChI is InChI=1S/C20H30N6O.HI/c1-21-20(23-10-5-13-27-18-6-3-2-4-7-18)25-15-17-8-9-19(24-14-17)26-12-11-22-16-26;/h8-9,11-12,14,16,18H,2-7,10,13,15H2,1H3,(H2,21,23,25);1H. The van der Waals surface area contributed by atoms with E-state index in [4.69, 9.17) is 4.74 Å². The Morgan fingerprint density at radius 2 is 2.11 bits per heavy atom. The van der Waals surface area contributed by atoms with Gasteiger partial charge in [-0.15, -0.1) is 24.0 Å². The van der Waals surface area contributed by atoms with Crippen LogP contribution in [0.3, 0.4) is 0 Å². The van der Waals surface area contributed by atoms with Crippen LogP contribution < -0.4 is 10.6 Å². The van der Waals surface area contributed by atoms with E-state index in [-0.39, 0.29) is 24.0 Å². The van der Waals surface area contributed by atoms with Crippen LogP contribution in [0.5, 0.6) is 0 Å². The van der Waals surface area contributed by atoms with Crippen LogP contribution in [0.25, 0.3) is 5.82 Å². The predicted molar refractivity (Wildman–Crippen MR) is 122 cm³/mol. The minimum absolute atomic E-state index is 0. The Balaban J connectivity index is 0.00000280. The molecule has 1 aliphatic carbocycles. The van der Waals surface area contributed by atoms with Gasteiger partial charge in [0.1, 0.15) is 12.1 Å². The fourth-order valence-corrected chi connectivity index (χ4v) is 3.24. The summed E-state index contributed by atoms with van der Waals surface area (Å²) in [5.41, 5.74) is 1.10. The van der Waals surface area contributed by atoms with E-state index in [9.17, 15) is 0 Å². The highest BCUT2D eigenvalue weighted by atomic mass is 127. The number of guanidine groups is 1. The Morgan fingerprint density at radius 1 is 1.25 bits per heavy atom. The molecule has 1 saturated carbocycles. The van der Waals surface area contributed by atoms with E-state index < -0.39 is 0 Å². The molecule has 3 rings (SSSR count). The van der Waals surface area contributed by atoms with Gasteiger partial charge in [-0.2, -0.15) is 0 Å². The summed E-state index contributed by atoms with van der Waals surface area (Å²) < 4.78 is 7.84. The molecular weight excluding hydrogens is 467 g/mol. The number of hydrogen-bond donors (Lipinski definition) is 2. The lowest BCUT2D eigenvalue weighted by atomic mass is 9.98. The van der Waals surface area contributed by atoms with Crippen molar-refractivity contribution in [2.24, 2.45) is 4.99 Å². The zero-order chi connectivity index (χ0) is 18.7. The first-order valence-corrected chi connectivity index (χ1v) is 9.84. The Kier molecular flexibility index (Phi) is 10.3. The van der Waals surface area contributed by atoms with E-state index in [2.05, 4.69) is 31.7 Å². The van der Waals surface area contributed by atoms with Crippen molar-refractivity contribution in [3.63, 3.8) is 0 Å². The molecule has 1 fully saturated rings. The first-order chi connectivity index (χ1) is 13.3. The van der Waals surface area contributed by atoms with Gasteiger partial charge in [0, 0.05) is 45.3 Å². The Labute approximate surface area is 184 Å². The molecule has 0 amide bonds. The van der Waals surface area contributed by atoms with Crippen LogP contribution >= 0.6 is 24.0 Å². The smallest absolute Gasteiger partial charge is 0.191 e. The van der Waals surface area contributed by atoms with Crippen LogP contribution in [0.2, 0.25) is 0 Å². The summed E-state index contributed by atoms with van der Waals surface area (Å²) in [6.45, 7) is 2.34. The predicted octanol–water partition coefficient (Wildman–Crippen LogP) is 3.29. The van der Waals surface area contributed by atoms with Gasteiger partial charge in [-0.25, -0.2) is 9.97 Å². The summed E-state index contributed by atoms with van der Waals surface area (Å²) in [6.07, 6.45) is 15.1. The molecule has 8 heteroatoms. The molecule has 0 saturated heterocycles. The molecule has 0 aromatic carbocycles. The van der Waals surface area contributed by atoms with Crippen LogP contribution in [-0.4, -0.2) is 46.8 Å². The number of ether oxygens (including phenoxy) is 1. The van der Waals surface area contributed by atoms with Gasteiger partial charge < -0.3 is 15.4 Å². The van der Waals surface area contributed by atoms with Crippen LogP contribution in [0.4, 0.5) is 0 Å². The largest absolute Gasteiger partial charge is 0.378 e. The van der Waals surface area contributed by atoms with Crippen molar-refractivity contribution in [1.29, 1.82) is 0 Å². The molecule has 2 aromatic heterocycles. The summed E-state index contributed by atoms with van der Waals surface area (Å²) in [7, 11) is 1.79. The topological polar surface area (TPSA) is 76.4 Å². The average molecular weight is 498 g/mol. The van der Waals surface area contributed by atoms with Crippen molar-refractivity contribution < 1.29 is 4.74 Å². The molecule has 0 unspecified atom stereocenters. The zero-order valence-electron chi connectivity index (χ0n) is 16.5. The number of halogens is 1. The monoisotopic (exact) mass is 498 g/mol. The van der Waals surface area contributed by atoms with Gasteiger partial charge in [0.05, 0.1) is 6.10 Å². The van der Waals surface area contributed by atoms with E-state index in [0.29, 0.717) is 12.6 Å². The number of imidazole rings is 1. The third-order valence-electron chi connectivity index (χ3n) is 4.78. The number of hydrogen-bond acceptors (Lipinski definition) is 4. The van der Waals surface area contributed by atoms with Crippen molar-refractivity contribution in [3.8, 4) is 5.82 Å². The molecule has 0 bridgehead atoms. The number of aliphatic imine (C=N–C) groups is 1. The highest BCUT2D eigenvalue weighted by Crippen LogP contribution is 2.20. The van der Waals surface area contributed by atoms with E-state index in [1.165, 1.54) is 32.1 Å². The third kappa shape index (κ3) is 7.38. The van der Waals surface area contributed by atoms with E-state index in [1.807, 2.05) is 23.0 Å². The second-order valence-corrected chi connectivity index (χ2v) is 6.83. The number of pyridine rings is 1. The minimum Gasteiger partial charge on any atom is -0.378 e. The quantitative estimate of drug-likeness (QED) is 0.253. The summed E-state index contributed by atoms with van der Waals surface area (Å²) in [5, 5.41) is 6.66. The van der Waals surface area contributed by atoms with Gasteiger partial charge >= 0.3 is 0 Å². The highest BCUT2D eigenvalue weighted by molar-refractivity contribution is 14.0. The maximum Gasteiger partial charge on any atom is 0.191 e. The fraction of sp³-hybridized carbons (Fsp3) is 0.550. The van der Waals surface area contributed by atoms with Crippen LogP contribution in [0.15, 0.2) is 42.0 Å². The maximum atomic E-state index is 5.95. The first kappa shape index (κ1) is 22.6. The second kappa shape index (κ2) is 12.7. The van der Waals surface area contributed by atoms with Crippen molar-refractivity contribution in [1.82, 2.24) is 25.2 Å². The Morgan fingerprint density at radius 3 is 2.79 bits per heavy atom. The van der Waals surface area contributed by atoms with Crippen LogP contribution in [0.1, 0.15) is 44.1 Å². The summed E-state index contributed by atoms with van der Waals surface area (Å²) in [5.74, 6) is 1.66. The molecular formula is C20H31IN6O. The lowest BCUT2D eigenvalue weighted by Crippen LogP contribution is -2.37. The van der Waals surface area contributed by atoms with Crippen LogP contribution in [-0.2, 0) is 11.3 Å². The molecule has 2 N–H and O–H groups in total. The number of nitrogens with one attached hydrogen (secondary N) is 2. The Hall–Kier alpha value is -1.68. The van der Waals surface area contributed by atoms with Gasteiger partial charge in [-0.3, -0.25) is 9.56 Å². The molecule has 7 nitrogen and oxygen atoms in total. The molecule has 0 aliphatic heterocycles. The van der Waals surface area contributed by atoms with Gasteiger partial charge in [0.25, 0.3) is 0 Å². The lowest BCUT2D eigenvalue weighted by Gasteiger charge is -2.22. The second-order valence-electron chi connectivity index (χ2n) is 6.83. The van der Waals surface area contributed by atoms with Crippen LogP contribution in [0, 0.1) is 0 Å². The van der Waals surface area contributed by atoms with Gasteiger partial charge in [-0.05, 0) is 30.9 Å². The summed E-state index contributed by atoms with van der Waals surface area (Å²) in [6, 6.07) is 4.04. The number of rotatable bonds is 8. The summed E-state index contributed by atoms with van der Waals surface area (Å²) in [4.78, 5) is 12.8. The highest BCUT2D eigenvalue weighted by Gasteiger charge is 2.12. The van der Waals surface area contributed by atoms with Gasteiger partial charge in [-0.1, -0.05) is 25.3 Å². The minimum atomic E-state index is 0. The fourth-order valence-electron chi connectivity index (χ4n) is 3.24. The Bertz CT molecular complexity index is 683.